The van der Waals surface area contributed by atoms with Gasteiger partial charge in [0, 0.05) is 11.4 Å². The number of carbonyl (C=O) groups is 3. The van der Waals surface area contributed by atoms with Crippen molar-refractivity contribution < 1.29 is 28.6 Å². The molecule has 0 aromatic heterocycles. The molecule has 0 saturated heterocycles. The fourth-order valence-corrected chi connectivity index (χ4v) is 4.37. The van der Waals surface area contributed by atoms with Crippen molar-refractivity contribution in [1.29, 1.82) is 0 Å². The maximum atomic E-state index is 13.6. The monoisotopic (exact) mass is 540 g/mol. The molecule has 0 unspecified atom stereocenters. The van der Waals surface area contributed by atoms with Crippen LogP contribution in [-0.4, -0.2) is 38.1 Å². The molecule has 0 atom stereocenters. The van der Waals surface area contributed by atoms with Crippen LogP contribution in [0, 0.1) is 13.8 Å². The number of aryl methyl sites for hydroxylation is 2. The number of hydrogen-bond acceptors (Lipinski definition) is 6. The van der Waals surface area contributed by atoms with E-state index in [1.807, 2.05) is 38.1 Å². The molecule has 40 heavy (non-hydrogen) atoms. The molecular weight excluding hydrogens is 508 g/mol. The number of para-hydroxylation sites is 2. The standard InChI is InChI=1S/C32H32N2O6/c1-6-39-32(37)30-22(4)34(24-14-11-20(2)21(3)17-24)31(36)26(30)18-23-12-15-25(16-13-23)40-19-29(35)33-27-9-7-8-10-28(27)38-5/h7-18H,6,19H2,1-5H3,(H,33,35)/b26-18-. The zero-order valence-electron chi connectivity index (χ0n) is 23.2. The first kappa shape index (κ1) is 28.2. The third-order valence-corrected chi connectivity index (χ3v) is 6.57. The molecule has 0 spiro atoms. The Morgan fingerprint density at radius 3 is 2.35 bits per heavy atom. The highest BCUT2D eigenvalue weighted by Crippen LogP contribution is 2.36. The van der Waals surface area contributed by atoms with Crippen LogP contribution >= 0.6 is 0 Å². The van der Waals surface area contributed by atoms with E-state index in [0.29, 0.717) is 34.1 Å². The minimum atomic E-state index is -0.549. The van der Waals surface area contributed by atoms with Gasteiger partial charge < -0.3 is 19.5 Å². The molecule has 8 nitrogen and oxygen atoms in total. The summed E-state index contributed by atoms with van der Waals surface area (Å²) in [7, 11) is 1.53. The fraction of sp³-hybridized carbons (Fsp3) is 0.219. The molecule has 206 valence electrons. The number of allylic oxidation sites excluding steroid dienone is 1. The van der Waals surface area contributed by atoms with E-state index >= 15 is 0 Å². The van der Waals surface area contributed by atoms with E-state index in [2.05, 4.69) is 5.32 Å². The summed E-state index contributed by atoms with van der Waals surface area (Å²) in [4.78, 5) is 40.4. The predicted octanol–water partition coefficient (Wildman–Crippen LogP) is 5.60. The number of rotatable bonds is 9. The average Bonchev–Trinajstić information content (AvgIpc) is 3.19. The average molecular weight is 541 g/mol. The number of nitrogens with one attached hydrogen (secondary N) is 1. The second-order valence-corrected chi connectivity index (χ2v) is 9.25. The third kappa shape index (κ3) is 6.07. The molecule has 3 aromatic rings. The minimum Gasteiger partial charge on any atom is -0.495 e. The quantitative estimate of drug-likeness (QED) is 0.281. The highest BCUT2D eigenvalue weighted by atomic mass is 16.5. The Labute approximate surface area is 233 Å². The largest absolute Gasteiger partial charge is 0.495 e. The van der Waals surface area contributed by atoms with Crippen molar-refractivity contribution >= 4 is 35.2 Å². The lowest BCUT2D eigenvalue weighted by molar-refractivity contribution is -0.138. The number of anilines is 2. The van der Waals surface area contributed by atoms with Crippen LogP contribution in [0.1, 0.15) is 30.5 Å². The highest BCUT2D eigenvalue weighted by molar-refractivity contribution is 6.23. The molecule has 3 aromatic carbocycles. The smallest absolute Gasteiger partial charge is 0.340 e. The van der Waals surface area contributed by atoms with E-state index in [-0.39, 0.29) is 36.2 Å². The van der Waals surface area contributed by atoms with E-state index < -0.39 is 5.97 Å². The highest BCUT2D eigenvalue weighted by Gasteiger charge is 2.38. The van der Waals surface area contributed by atoms with Crippen LogP contribution in [0.5, 0.6) is 11.5 Å². The molecule has 1 aliphatic heterocycles. The summed E-state index contributed by atoms with van der Waals surface area (Å²) in [5.41, 5.74) is 5.07. The Morgan fingerprint density at radius 1 is 0.950 bits per heavy atom. The van der Waals surface area contributed by atoms with Crippen molar-refractivity contribution in [3.8, 4) is 11.5 Å². The molecule has 1 heterocycles. The summed E-state index contributed by atoms with van der Waals surface area (Å²) in [5.74, 6) is -0.163. The lowest BCUT2D eigenvalue weighted by Gasteiger charge is -2.19. The molecular formula is C32H32N2O6. The van der Waals surface area contributed by atoms with E-state index in [0.717, 1.165) is 11.1 Å². The maximum absolute atomic E-state index is 13.6. The number of methoxy groups -OCH3 is 1. The van der Waals surface area contributed by atoms with Crippen molar-refractivity contribution in [3.05, 3.63) is 100 Å². The van der Waals surface area contributed by atoms with Crippen LogP contribution in [0.25, 0.3) is 6.08 Å². The zero-order chi connectivity index (χ0) is 28.8. The van der Waals surface area contributed by atoms with Gasteiger partial charge in [-0.1, -0.05) is 30.3 Å². The molecule has 1 aliphatic rings. The van der Waals surface area contributed by atoms with Gasteiger partial charge in [0.15, 0.2) is 6.61 Å². The van der Waals surface area contributed by atoms with Gasteiger partial charge in [0.2, 0.25) is 0 Å². The minimum absolute atomic E-state index is 0.192. The Balaban J connectivity index is 1.52. The summed E-state index contributed by atoms with van der Waals surface area (Å²) in [6.45, 7) is 7.45. The van der Waals surface area contributed by atoms with Crippen molar-refractivity contribution in [2.45, 2.75) is 27.7 Å². The van der Waals surface area contributed by atoms with Gasteiger partial charge >= 0.3 is 5.97 Å². The van der Waals surface area contributed by atoms with Crippen molar-refractivity contribution in [2.75, 3.05) is 30.5 Å². The van der Waals surface area contributed by atoms with Gasteiger partial charge in [-0.25, -0.2) is 4.79 Å². The molecule has 0 fully saturated rings. The van der Waals surface area contributed by atoms with Crippen LogP contribution in [-0.2, 0) is 19.1 Å². The molecule has 0 aliphatic carbocycles. The summed E-state index contributed by atoms with van der Waals surface area (Å²) >= 11 is 0. The number of hydrogen-bond donors (Lipinski definition) is 1. The van der Waals surface area contributed by atoms with E-state index in [1.54, 1.807) is 67.3 Å². The molecule has 8 heteroatoms. The van der Waals surface area contributed by atoms with Gasteiger partial charge in [-0.15, -0.1) is 0 Å². The van der Waals surface area contributed by atoms with Crippen molar-refractivity contribution in [2.24, 2.45) is 0 Å². The van der Waals surface area contributed by atoms with Crippen LogP contribution in [0.15, 0.2) is 83.6 Å². The predicted molar refractivity (Wildman–Crippen MR) is 154 cm³/mol. The Kier molecular flexibility index (Phi) is 8.69. The second kappa shape index (κ2) is 12.3. The molecule has 4 rings (SSSR count). The van der Waals surface area contributed by atoms with Crippen LogP contribution < -0.4 is 19.7 Å². The summed E-state index contributed by atoms with van der Waals surface area (Å²) in [6.07, 6.45) is 1.66. The van der Waals surface area contributed by atoms with Crippen molar-refractivity contribution in [3.63, 3.8) is 0 Å². The lowest BCUT2D eigenvalue weighted by Crippen LogP contribution is -2.24. The molecule has 2 amide bonds. The fourth-order valence-electron chi connectivity index (χ4n) is 4.37. The van der Waals surface area contributed by atoms with Crippen LogP contribution in [0.2, 0.25) is 0 Å². The molecule has 0 radical (unpaired) electrons. The zero-order valence-corrected chi connectivity index (χ0v) is 23.2. The van der Waals surface area contributed by atoms with Crippen molar-refractivity contribution in [1.82, 2.24) is 0 Å². The first-order valence-corrected chi connectivity index (χ1v) is 12.9. The van der Waals surface area contributed by atoms with Gasteiger partial charge in [-0.2, -0.15) is 0 Å². The Morgan fingerprint density at radius 2 is 1.68 bits per heavy atom. The second-order valence-electron chi connectivity index (χ2n) is 9.25. The number of benzene rings is 3. The maximum Gasteiger partial charge on any atom is 0.340 e. The number of amides is 2. The lowest BCUT2D eigenvalue weighted by atomic mass is 10.0. The molecule has 0 saturated carbocycles. The molecule has 0 bridgehead atoms. The SMILES string of the molecule is CCOC(=O)C1=C(C)N(c2ccc(C)c(C)c2)C(=O)/C1=C\c1ccc(OCC(=O)Nc2ccccc2OC)cc1. The van der Waals surface area contributed by atoms with Gasteiger partial charge in [-0.05, 0) is 86.9 Å². The number of nitrogens with zero attached hydrogens (tertiary/aromatic N) is 1. The normalized spacial score (nSPS) is 14.0. The number of ether oxygens (including phenoxy) is 3. The first-order chi connectivity index (χ1) is 19.2. The van der Waals surface area contributed by atoms with E-state index in [4.69, 9.17) is 14.2 Å². The summed E-state index contributed by atoms with van der Waals surface area (Å²) < 4.78 is 16.2. The number of esters is 1. The summed E-state index contributed by atoms with van der Waals surface area (Å²) in [5, 5.41) is 2.76. The van der Waals surface area contributed by atoms with Gasteiger partial charge in [0.1, 0.15) is 11.5 Å². The molecule has 1 N–H and O–H groups in total. The first-order valence-electron chi connectivity index (χ1n) is 12.9. The van der Waals surface area contributed by atoms with Crippen LogP contribution in [0.3, 0.4) is 0 Å². The van der Waals surface area contributed by atoms with E-state index in [9.17, 15) is 14.4 Å². The summed E-state index contributed by atoms with van der Waals surface area (Å²) in [6, 6.07) is 19.8. The van der Waals surface area contributed by atoms with Gasteiger partial charge in [0.25, 0.3) is 11.8 Å². The van der Waals surface area contributed by atoms with Crippen LogP contribution in [0.4, 0.5) is 11.4 Å². The number of carbonyl (C=O) groups excluding carboxylic acids is 3. The van der Waals surface area contributed by atoms with Gasteiger partial charge in [0.05, 0.1) is 30.6 Å². The Hall–Kier alpha value is -4.85. The third-order valence-electron chi connectivity index (χ3n) is 6.57. The Bertz CT molecular complexity index is 1500. The van der Waals surface area contributed by atoms with Gasteiger partial charge in [-0.3, -0.25) is 14.5 Å². The topological polar surface area (TPSA) is 94.2 Å². The van der Waals surface area contributed by atoms with E-state index in [1.165, 1.54) is 7.11 Å².